The minimum atomic E-state index is 0.576. The normalized spacial score (nSPS) is 12.7. The van der Waals surface area contributed by atoms with Crippen LogP contribution in [0, 0.1) is 0 Å². The molecule has 1 aliphatic carbocycles. The molecule has 0 unspecified atom stereocenters. The fourth-order valence-electron chi connectivity index (χ4n) is 8.51. The minimum absolute atomic E-state index is 0.576. The highest BCUT2D eigenvalue weighted by Gasteiger charge is 2.19. The van der Waals surface area contributed by atoms with Gasteiger partial charge >= 0.3 is 0 Å². The molecule has 0 N–H and O–H groups in total. The van der Waals surface area contributed by atoms with Crippen LogP contribution in [-0.4, -0.2) is 9.97 Å². The molecule has 0 atom stereocenters. The quantitative estimate of drug-likeness (QED) is 0.174. The Balaban J connectivity index is 1.16. The van der Waals surface area contributed by atoms with Gasteiger partial charge in [0.25, 0.3) is 0 Å². The summed E-state index contributed by atoms with van der Waals surface area (Å²) in [7, 11) is 0. The highest BCUT2D eigenvalue weighted by atomic mass is 16.3. The molecule has 0 saturated carbocycles. The van der Waals surface area contributed by atoms with Crippen LogP contribution in [0.5, 0.6) is 0 Å². The van der Waals surface area contributed by atoms with E-state index in [9.17, 15) is 0 Å². The molecule has 1 aliphatic rings. The van der Waals surface area contributed by atoms with Gasteiger partial charge in [-0.25, -0.2) is 4.98 Å². The standard InChI is InChI=1S/C50H32N2O/c1-3-14-36-32(10-1)12-7-18-38(36)44-29-47-42-26-25-35(31-21-23-34(24-22-31)50-52-49-48(53-50)20-9-27-51-49)28-43(42)45(30-46(47)41-17-6-5-16-40(41)44)39-19-8-13-33-11-2-4-15-37(33)39/h1-2,4-13,15-30H,3,14H2. The first-order chi connectivity index (χ1) is 26.3. The van der Waals surface area contributed by atoms with Crippen LogP contribution in [0.1, 0.15) is 17.5 Å². The smallest absolute Gasteiger partial charge is 0.228 e. The lowest BCUT2D eigenvalue weighted by Gasteiger charge is -2.20. The van der Waals surface area contributed by atoms with Crippen LogP contribution in [0.15, 0.2) is 168 Å². The third-order valence-corrected chi connectivity index (χ3v) is 11.0. The Kier molecular flexibility index (Phi) is 6.68. The van der Waals surface area contributed by atoms with Gasteiger partial charge in [0, 0.05) is 11.8 Å². The Hall–Kier alpha value is -6.84. The van der Waals surface area contributed by atoms with Crippen molar-refractivity contribution < 1.29 is 4.42 Å². The summed E-state index contributed by atoms with van der Waals surface area (Å²) in [4.78, 5) is 8.96. The number of fused-ring (bicyclic) bond motifs is 8. The first kappa shape index (κ1) is 29.8. The van der Waals surface area contributed by atoms with Gasteiger partial charge in [0.05, 0.1) is 0 Å². The Morgan fingerprint density at radius 1 is 0.472 bits per heavy atom. The van der Waals surface area contributed by atoms with Gasteiger partial charge in [0.1, 0.15) is 0 Å². The zero-order valence-corrected chi connectivity index (χ0v) is 28.9. The molecule has 10 aromatic rings. The number of hydrogen-bond acceptors (Lipinski definition) is 3. The molecule has 0 aliphatic heterocycles. The fraction of sp³-hybridized carbons (Fsp3) is 0.0400. The second kappa shape index (κ2) is 11.9. The summed E-state index contributed by atoms with van der Waals surface area (Å²) in [6.07, 6.45) is 8.45. The number of pyridine rings is 1. The molecule has 0 radical (unpaired) electrons. The van der Waals surface area contributed by atoms with Crippen LogP contribution in [0.2, 0.25) is 0 Å². The van der Waals surface area contributed by atoms with Crippen LogP contribution < -0.4 is 0 Å². The second-order valence-electron chi connectivity index (χ2n) is 14.0. The number of rotatable bonds is 4. The molecule has 0 spiro atoms. The number of aromatic nitrogens is 2. The van der Waals surface area contributed by atoms with Crippen molar-refractivity contribution in [3.05, 3.63) is 175 Å². The Bertz CT molecular complexity index is 3080. The molecule has 53 heavy (non-hydrogen) atoms. The van der Waals surface area contributed by atoms with Crippen LogP contribution in [0.4, 0.5) is 0 Å². The van der Waals surface area contributed by atoms with Crippen molar-refractivity contribution in [2.45, 2.75) is 12.8 Å². The third kappa shape index (κ3) is 4.82. The van der Waals surface area contributed by atoms with Crippen LogP contribution in [0.25, 0.3) is 105 Å². The van der Waals surface area contributed by atoms with Gasteiger partial charge in [-0.05, 0) is 143 Å². The van der Waals surface area contributed by atoms with Gasteiger partial charge in [-0.15, -0.1) is 0 Å². The monoisotopic (exact) mass is 676 g/mol. The molecule has 11 rings (SSSR count). The highest BCUT2D eigenvalue weighted by Crippen LogP contribution is 2.45. The summed E-state index contributed by atoms with van der Waals surface area (Å²) < 4.78 is 6.02. The van der Waals surface area contributed by atoms with Crippen molar-refractivity contribution in [2.75, 3.05) is 0 Å². The Morgan fingerprint density at radius 3 is 2.04 bits per heavy atom. The van der Waals surface area contributed by atoms with Gasteiger partial charge in [-0.3, -0.25) is 0 Å². The molecular weight excluding hydrogens is 645 g/mol. The SMILES string of the molecule is C1=Cc2cccc(-c3cc4c5ccc(-c6ccc(-c7nc8ncccc8o7)cc6)cc5c(-c5cccc6ccccc56)cc4c4ccccc34)c2CC1. The molecule has 3 heteroatoms. The average Bonchev–Trinajstić information content (AvgIpc) is 3.67. The second-order valence-corrected chi connectivity index (χ2v) is 14.0. The van der Waals surface area contributed by atoms with Gasteiger partial charge in [0.2, 0.25) is 5.89 Å². The average molecular weight is 677 g/mol. The Labute approximate surface area is 306 Å². The van der Waals surface area contributed by atoms with Crippen LogP contribution in [0.3, 0.4) is 0 Å². The van der Waals surface area contributed by atoms with E-state index >= 15 is 0 Å². The molecular formula is C50H32N2O. The summed E-state index contributed by atoms with van der Waals surface area (Å²) >= 11 is 0. The van der Waals surface area contributed by atoms with E-state index in [1.807, 2.05) is 12.1 Å². The third-order valence-electron chi connectivity index (χ3n) is 11.0. The predicted octanol–water partition coefficient (Wildman–Crippen LogP) is 13.5. The van der Waals surface area contributed by atoms with Crippen molar-refractivity contribution >= 4 is 60.4 Å². The molecule has 0 amide bonds. The van der Waals surface area contributed by atoms with E-state index < -0.39 is 0 Å². The molecule has 0 saturated heterocycles. The molecule has 248 valence electrons. The van der Waals surface area contributed by atoms with E-state index in [-0.39, 0.29) is 0 Å². The zero-order valence-electron chi connectivity index (χ0n) is 28.9. The van der Waals surface area contributed by atoms with Crippen molar-refractivity contribution in [1.29, 1.82) is 0 Å². The minimum Gasteiger partial charge on any atom is -0.434 e. The first-order valence-electron chi connectivity index (χ1n) is 18.3. The number of benzene rings is 8. The first-order valence-corrected chi connectivity index (χ1v) is 18.3. The van der Waals surface area contributed by atoms with Gasteiger partial charge in [-0.2, -0.15) is 4.98 Å². The van der Waals surface area contributed by atoms with E-state index in [4.69, 9.17) is 4.42 Å². The van der Waals surface area contributed by atoms with Crippen molar-refractivity contribution in [2.24, 2.45) is 0 Å². The largest absolute Gasteiger partial charge is 0.434 e. The molecule has 2 heterocycles. The predicted molar refractivity (Wildman–Crippen MR) is 221 cm³/mol. The lowest BCUT2D eigenvalue weighted by Crippen LogP contribution is -1.98. The van der Waals surface area contributed by atoms with Crippen LogP contribution >= 0.6 is 0 Å². The van der Waals surface area contributed by atoms with Crippen molar-refractivity contribution in [3.8, 4) is 44.8 Å². The van der Waals surface area contributed by atoms with Crippen LogP contribution in [-0.2, 0) is 6.42 Å². The van der Waals surface area contributed by atoms with Gasteiger partial charge in [-0.1, -0.05) is 121 Å². The number of hydrogen-bond donors (Lipinski definition) is 0. The molecule has 2 aromatic heterocycles. The molecule has 3 nitrogen and oxygen atoms in total. The van der Waals surface area contributed by atoms with E-state index in [2.05, 4.69) is 162 Å². The zero-order chi connectivity index (χ0) is 34.9. The molecule has 8 aromatic carbocycles. The summed E-state index contributed by atoms with van der Waals surface area (Å²) in [6, 6.07) is 55.3. The van der Waals surface area contributed by atoms with Gasteiger partial charge in [0.15, 0.2) is 11.2 Å². The number of oxazole rings is 1. The maximum Gasteiger partial charge on any atom is 0.228 e. The van der Waals surface area contributed by atoms with E-state index in [0.29, 0.717) is 17.1 Å². The number of allylic oxidation sites excluding steroid dienone is 1. The maximum atomic E-state index is 6.02. The van der Waals surface area contributed by atoms with E-state index in [0.717, 1.165) is 29.5 Å². The lowest BCUT2D eigenvalue weighted by molar-refractivity contribution is 0.619. The van der Waals surface area contributed by atoms with E-state index in [1.54, 1.807) is 6.20 Å². The lowest BCUT2D eigenvalue weighted by atomic mass is 9.83. The number of nitrogens with zero attached hydrogens (tertiary/aromatic N) is 2. The molecule has 0 bridgehead atoms. The van der Waals surface area contributed by atoms with Crippen molar-refractivity contribution in [3.63, 3.8) is 0 Å². The Morgan fingerprint density at radius 2 is 1.17 bits per heavy atom. The van der Waals surface area contributed by atoms with Gasteiger partial charge < -0.3 is 4.42 Å². The summed E-state index contributed by atoms with van der Waals surface area (Å²) in [6.45, 7) is 0. The summed E-state index contributed by atoms with van der Waals surface area (Å²) in [5, 5.41) is 10.1. The fourth-order valence-corrected chi connectivity index (χ4v) is 8.51. The highest BCUT2D eigenvalue weighted by molar-refractivity contribution is 6.25. The summed E-state index contributed by atoms with van der Waals surface area (Å²) in [5.74, 6) is 0.576. The summed E-state index contributed by atoms with van der Waals surface area (Å²) in [5.41, 5.74) is 12.4. The topological polar surface area (TPSA) is 38.9 Å². The van der Waals surface area contributed by atoms with Crippen molar-refractivity contribution in [1.82, 2.24) is 9.97 Å². The maximum absolute atomic E-state index is 6.02. The van der Waals surface area contributed by atoms with E-state index in [1.165, 1.54) is 76.5 Å². The molecule has 0 fully saturated rings.